The lowest BCUT2D eigenvalue weighted by molar-refractivity contribution is 0.0908. The molecule has 1 aromatic rings. The molecule has 1 aromatic carbocycles. The van der Waals surface area contributed by atoms with Gasteiger partial charge in [-0.3, -0.25) is 4.79 Å². The van der Waals surface area contributed by atoms with Gasteiger partial charge in [0, 0.05) is 6.61 Å². The van der Waals surface area contributed by atoms with E-state index in [0.29, 0.717) is 24.5 Å². The largest absolute Gasteiger partial charge is 0.490 e. The second kappa shape index (κ2) is 5.82. The van der Waals surface area contributed by atoms with E-state index < -0.39 is 0 Å². The van der Waals surface area contributed by atoms with Crippen LogP contribution < -0.4 is 4.74 Å². The lowest BCUT2D eigenvalue weighted by Gasteiger charge is -2.09. The summed E-state index contributed by atoms with van der Waals surface area (Å²) >= 11 is 0. The van der Waals surface area contributed by atoms with Crippen LogP contribution in [-0.2, 0) is 4.74 Å². The molecule has 1 fully saturated rings. The van der Waals surface area contributed by atoms with Crippen LogP contribution >= 0.6 is 0 Å². The number of benzene rings is 1. The molecule has 0 saturated heterocycles. The fraction of sp³-hybridized carbons (Fsp3) is 0.500. The van der Waals surface area contributed by atoms with Crippen LogP contribution in [0.15, 0.2) is 24.3 Å². The summed E-state index contributed by atoms with van der Waals surface area (Å²) in [4.78, 5) is 11.3. The molecule has 0 aliphatic heterocycles. The third-order valence-corrected chi connectivity index (χ3v) is 2.80. The number of carbonyl (C=O) groups is 1. The first-order chi connectivity index (χ1) is 8.27. The van der Waals surface area contributed by atoms with Gasteiger partial charge in [0.25, 0.3) is 0 Å². The van der Waals surface area contributed by atoms with Crippen LogP contribution in [0.5, 0.6) is 5.75 Å². The van der Waals surface area contributed by atoms with Gasteiger partial charge in [-0.1, -0.05) is 12.1 Å². The van der Waals surface area contributed by atoms with Crippen molar-refractivity contribution in [2.45, 2.75) is 19.8 Å². The second-order valence-electron chi connectivity index (χ2n) is 4.42. The Hall–Kier alpha value is -1.35. The molecule has 0 bridgehead atoms. The van der Waals surface area contributed by atoms with Gasteiger partial charge in [-0.2, -0.15) is 0 Å². The molecule has 0 radical (unpaired) electrons. The van der Waals surface area contributed by atoms with E-state index in [-0.39, 0.29) is 5.78 Å². The van der Waals surface area contributed by atoms with Crippen molar-refractivity contribution in [1.82, 2.24) is 0 Å². The second-order valence-corrected chi connectivity index (χ2v) is 4.42. The van der Waals surface area contributed by atoms with Gasteiger partial charge in [-0.25, -0.2) is 0 Å². The zero-order valence-corrected chi connectivity index (χ0v) is 10.1. The van der Waals surface area contributed by atoms with E-state index in [1.54, 1.807) is 13.0 Å². The van der Waals surface area contributed by atoms with Crippen molar-refractivity contribution in [3.8, 4) is 5.75 Å². The summed E-state index contributed by atoms with van der Waals surface area (Å²) < 4.78 is 11.0. The summed E-state index contributed by atoms with van der Waals surface area (Å²) in [5, 5.41) is 0. The maximum absolute atomic E-state index is 11.3. The summed E-state index contributed by atoms with van der Waals surface area (Å²) in [5.41, 5.74) is 0.634. The van der Waals surface area contributed by atoms with Crippen LogP contribution in [-0.4, -0.2) is 25.6 Å². The van der Waals surface area contributed by atoms with E-state index in [1.165, 1.54) is 12.8 Å². The molecule has 3 nitrogen and oxygen atoms in total. The van der Waals surface area contributed by atoms with Gasteiger partial charge in [0.05, 0.1) is 12.2 Å². The lowest BCUT2D eigenvalue weighted by Crippen LogP contribution is -2.10. The zero-order chi connectivity index (χ0) is 12.1. The fourth-order valence-corrected chi connectivity index (χ4v) is 1.63. The number of carbonyl (C=O) groups excluding carboxylic acids is 1. The Morgan fingerprint density at radius 2 is 2.06 bits per heavy atom. The van der Waals surface area contributed by atoms with Crippen molar-refractivity contribution in [2.24, 2.45) is 5.92 Å². The highest BCUT2D eigenvalue weighted by Crippen LogP contribution is 2.28. The van der Waals surface area contributed by atoms with Gasteiger partial charge in [0.1, 0.15) is 12.4 Å². The number of Topliss-reactive ketones (excluding diaryl/α,β-unsaturated/α-hetero) is 1. The van der Waals surface area contributed by atoms with E-state index in [9.17, 15) is 4.79 Å². The van der Waals surface area contributed by atoms with Gasteiger partial charge in [0.2, 0.25) is 0 Å². The molecule has 0 spiro atoms. The van der Waals surface area contributed by atoms with Crippen LogP contribution in [0.1, 0.15) is 30.1 Å². The molecule has 0 N–H and O–H groups in total. The highest BCUT2D eigenvalue weighted by Gasteiger charge is 2.20. The van der Waals surface area contributed by atoms with Gasteiger partial charge in [0.15, 0.2) is 5.78 Å². The van der Waals surface area contributed by atoms with Crippen molar-refractivity contribution in [3.63, 3.8) is 0 Å². The number of hydrogen-bond acceptors (Lipinski definition) is 3. The first-order valence-corrected chi connectivity index (χ1v) is 6.08. The summed E-state index contributed by atoms with van der Waals surface area (Å²) in [7, 11) is 0. The average molecular weight is 234 g/mol. The monoisotopic (exact) mass is 234 g/mol. The molecule has 0 unspecified atom stereocenters. The average Bonchev–Trinajstić information content (AvgIpc) is 3.13. The highest BCUT2D eigenvalue weighted by molar-refractivity contribution is 5.96. The molecule has 1 aliphatic rings. The van der Waals surface area contributed by atoms with Crippen molar-refractivity contribution in [3.05, 3.63) is 29.8 Å². The first-order valence-electron chi connectivity index (χ1n) is 6.08. The molecule has 2 rings (SSSR count). The number of rotatable bonds is 7. The summed E-state index contributed by atoms with van der Waals surface area (Å²) in [6, 6.07) is 7.31. The molecule has 92 valence electrons. The maximum atomic E-state index is 11.3. The van der Waals surface area contributed by atoms with Crippen molar-refractivity contribution in [2.75, 3.05) is 19.8 Å². The van der Waals surface area contributed by atoms with Crippen molar-refractivity contribution in [1.29, 1.82) is 0 Å². The van der Waals surface area contributed by atoms with Crippen molar-refractivity contribution >= 4 is 5.78 Å². The van der Waals surface area contributed by atoms with E-state index >= 15 is 0 Å². The van der Waals surface area contributed by atoms with Gasteiger partial charge < -0.3 is 9.47 Å². The van der Waals surface area contributed by atoms with Crippen LogP contribution in [0, 0.1) is 5.92 Å². The first kappa shape index (κ1) is 12.1. The van der Waals surface area contributed by atoms with E-state index in [4.69, 9.17) is 9.47 Å². The molecule has 0 atom stereocenters. The Bertz CT molecular complexity index is 383. The van der Waals surface area contributed by atoms with Crippen LogP contribution in [0.4, 0.5) is 0 Å². The van der Waals surface area contributed by atoms with Gasteiger partial charge in [-0.05, 0) is 37.8 Å². The van der Waals surface area contributed by atoms with Crippen LogP contribution in [0.25, 0.3) is 0 Å². The Morgan fingerprint density at radius 3 is 2.76 bits per heavy atom. The topological polar surface area (TPSA) is 35.5 Å². The van der Waals surface area contributed by atoms with Crippen LogP contribution in [0.3, 0.4) is 0 Å². The van der Waals surface area contributed by atoms with Crippen molar-refractivity contribution < 1.29 is 14.3 Å². The summed E-state index contributed by atoms with van der Waals surface area (Å²) in [5.74, 6) is 1.45. The van der Waals surface area contributed by atoms with Gasteiger partial charge in [-0.15, -0.1) is 0 Å². The van der Waals surface area contributed by atoms with E-state index in [1.807, 2.05) is 18.2 Å². The minimum atomic E-state index is 0.0273. The minimum absolute atomic E-state index is 0.0273. The highest BCUT2D eigenvalue weighted by atomic mass is 16.5. The van der Waals surface area contributed by atoms with E-state index in [2.05, 4.69) is 0 Å². The van der Waals surface area contributed by atoms with E-state index in [0.717, 1.165) is 12.5 Å². The lowest BCUT2D eigenvalue weighted by atomic mass is 10.1. The SMILES string of the molecule is CC(=O)c1ccccc1OCCOCC1CC1. The Morgan fingerprint density at radius 1 is 1.29 bits per heavy atom. The number of hydrogen-bond donors (Lipinski definition) is 0. The quantitative estimate of drug-likeness (QED) is 0.537. The predicted octanol–water partition coefficient (Wildman–Crippen LogP) is 2.69. The third-order valence-electron chi connectivity index (χ3n) is 2.80. The third kappa shape index (κ3) is 3.86. The van der Waals surface area contributed by atoms with Crippen LogP contribution in [0.2, 0.25) is 0 Å². The minimum Gasteiger partial charge on any atom is -0.490 e. The molecular weight excluding hydrogens is 216 g/mol. The number of ether oxygens (including phenoxy) is 2. The predicted molar refractivity (Wildman–Crippen MR) is 65.5 cm³/mol. The zero-order valence-electron chi connectivity index (χ0n) is 10.1. The summed E-state index contributed by atoms with van der Waals surface area (Å²) in [6.07, 6.45) is 2.60. The molecular formula is C14H18O3. The molecule has 3 heteroatoms. The number of ketones is 1. The fourth-order valence-electron chi connectivity index (χ4n) is 1.63. The molecule has 0 amide bonds. The molecule has 0 heterocycles. The molecule has 1 aliphatic carbocycles. The Kier molecular flexibility index (Phi) is 4.15. The summed E-state index contributed by atoms with van der Waals surface area (Å²) in [6.45, 7) is 3.48. The molecule has 1 saturated carbocycles. The number of para-hydroxylation sites is 1. The maximum Gasteiger partial charge on any atom is 0.163 e. The Labute approximate surface area is 102 Å². The Balaban J connectivity index is 1.75. The standard InChI is InChI=1S/C14H18O3/c1-11(15)13-4-2-3-5-14(13)17-9-8-16-10-12-6-7-12/h2-5,12H,6-10H2,1H3. The molecule has 0 aromatic heterocycles. The normalized spacial score (nSPS) is 14.6. The van der Waals surface area contributed by atoms with Gasteiger partial charge >= 0.3 is 0 Å². The molecule has 17 heavy (non-hydrogen) atoms. The smallest absolute Gasteiger partial charge is 0.163 e.